The van der Waals surface area contributed by atoms with E-state index in [0.717, 1.165) is 6.54 Å². The second-order valence-corrected chi connectivity index (χ2v) is 4.54. The second-order valence-electron chi connectivity index (χ2n) is 3.56. The molecule has 0 N–H and O–H groups in total. The average molecular weight is 266 g/mol. The van der Waals surface area contributed by atoms with Gasteiger partial charge in [-0.15, -0.1) is 0 Å². The minimum absolute atomic E-state index is 0.0840. The Hall–Kier alpha value is -0.0900. The Balaban J connectivity index is 4.16. The van der Waals surface area contributed by atoms with Crippen molar-refractivity contribution in [2.45, 2.75) is 25.6 Å². The predicted octanol–water partition coefficient (Wildman–Crippen LogP) is 1.90. The summed E-state index contributed by atoms with van der Waals surface area (Å²) >= 11 is 3.41. The van der Waals surface area contributed by atoms with Crippen LogP contribution in [-0.2, 0) is 9.53 Å². The van der Waals surface area contributed by atoms with E-state index >= 15 is 0 Å². The topological polar surface area (TPSA) is 29.5 Å². The number of ether oxygens (including phenoxy) is 1. The van der Waals surface area contributed by atoms with Crippen LogP contribution in [-0.4, -0.2) is 42.4 Å². The van der Waals surface area contributed by atoms with Gasteiger partial charge in [0.25, 0.3) is 0 Å². The smallest absolute Gasteiger partial charge is 0.236 e. The van der Waals surface area contributed by atoms with E-state index in [-0.39, 0.29) is 10.7 Å². The Morgan fingerprint density at radius 1 is 1.50 bits per heavy atom. The molecule has 0 aliphatic carbocycles. The minimum atomic E-state index is -0.0840. The lowest BCUT2D eigenvalue weighted by Crippen LogP contribution is -2.40. The number of alkyl halides is 1. The van der Waals surface area contributed by atoms with E-state index in [2.05, 4.69) is 15.9 Å². The summed E-state index contributed by atoms with van der Waals surface area (Å²) in [6, 6.07) is 0. The Labute approximate surface area is 94.9 Å². The van der Waals surface area contributed by atoms with Crippen molar-refractivity contribution >= 4 is 21.8 Å². The van der Waals surface area contributed by atoms with E-state index < -0.39 is 0 Å². The van der Waals surface area contributed by atoms with Gasteiger partial charge < -0.3 is 9.64 Å². The van der Waals surface area contributed by atoms with E-state index in [1.807, 2.05) is 25.7 Å². The maximum absolute atomic E-state index is 11.8. The number of methoxy groups -OCH3 is 1. The molecular weight excluding hydrogens is 246 g/mol. The van der Waals surface area contributed by atoms with Crippen LogP contribution in [0.2, 0.25) is 0 Å². The summed E-state index contributed by atoms with van der Waals surface area (Å²) in [5, 5.41) is 0. The molecule has 1 unspecified atom stereocenters. The molecule has 0 aliphatic heterocycles. The third-order valence-corrected chi connectivity index (χ3v) is 3.53. The number of nitrogens with zero attached hydrogens (tertiary/aromatic N) is 1. The SMILES string of the molecule is CCN(CCOC)C(=O)C(Br)C(C)C. The molecule has 0 bridgehead atoms. The van der Waals surface area contributed by atoms with Crippen molar-refractivity contribution in [3.8, 4) is 0 Å². The third kappa shape index (κ3) is 4.42. The molecule has 1 atom stereocenters. The highest BCUT2D eigenvalue weighted by Crippen LogP contribution is 2.14. The van der Waals surface area contributed by atoms with Gasteiger partial charge in [0.15, 0.2) is 0 Å². The first kappa shape index (κ1) is 13.9. The first-order chi connectivity index (χ1) is 6.54. The Morgan fingerprint density at radius 3 is 2.43 bits per heavy atom. The normalized spacial score (nSPS) is 13.0. The quantitative estimate of drug-likeness (QED) is 0.687. The Morgan fingerprint density at radius 2 is 2.07 bits per heavy atom. The number of carbonyl (C=O) groups is 1. The minimum Gasteiger partial charge on any atom is -0.383 e. The summed E-state index contributed by atoms with van der Waals surface area (Å²) in [6.45, 7) is 8.03. The summed E-state index contributed by atoms with van der Waals surface area (Å²) < 4.78 is 4.96. The molecule has 0 saturated carbocycles. The fourth-order valence-corrected chi connectivity index (χ4v) is 1.37. The largest absolute Gasteiger partial charge is 0.383 e. The number of likely N-dealkylation sites (N-methyl/N-ethyl adjacent to an activating group) is 1. The zero-order chi connectivity index (χ0) is 11.1. The predicted molar refractivity (Wildman–Crippen MR) is 61.7 cm³/mol. The summed E-state index contributed by atoms with van der Waals surface area (Å²) in [5.74, 6) is 0.471. The molecule has 0 fully saturated rings. The molecule has 4 heteroatoms. The van der Waals surface area contributed by atoms with Gasteiger partial charge >= 0.3 is 0 Å². The van der Waals surface area contributed by atoms with Gasteiger partial charge in [-0.05, 0) is 12.8 Å². The van der Waals surface area contributed by atoms with Crippen LogP contribution in [0.3, 0.4) is 0 Å². The lowest BCUT2D eigenvalue weighted by Gasteiger charge is -2.24. The van der Waals surface area contributed by atoms with Gasteiger partial charge in [-0.2, -0.15) is 0 Å². The van der Waals surface area contributed by atoms with E-state index in [9.17, 15) is 4.79 Å². The highest BCUT2D eigenvalue weighted by molar-refractivity contribution is 9.10. The van der Waals surface area contributed by atoms with E-state index in [0.29, 0.717) is 19.1 Å². The average Bonchev–Trinajstić information content (AvgIpc) is 2.17. The molecule has 0 aromatic heterocycles. The summed E-state index contributed by atoms with van der Waals surface area (Å²) in [7, 11) is 1.65. The van der Waals surface area contributed by atoms with Crippen molar-refractivity contribution in [2.24, 2.45) is 5.92 Å². The van der Waals surface area contributed by atoms with Gasteiger partial charge in [0, 0.05) is 20.2 Å². The van der Waals surface area contributed by atoms with Crippen LogP contribution in [0.15, 0.2) is 0 Å². The van der Waals surface area contributed by atoms with Crippen molar-refractivity contribution in [3.05, 3.63) is 0 Å². The number of hydrogen-bond donors (Lipinski definition) is 0. The highest BCUT2D eigenvalue weighted by atomic mass is 79.9. The van der Waals surface area contributed by atoms with E-state index in [4.69, 9.17) is 4.74 Å². The van der Waals surface area contributed by atoms with Crippen molar-refractivity contribution in [1.29, 1.82) is 0 Å². The van der Waals surface area contributed by atoms with Crippen LogP contribution in [0, 0.1) is 5.92 Å². The monoisotopic (exact) mass is 265 g/mol. The molecule has 0 saturated heterocycles. The molecular formula is C10H20BrNO2. The van der Waals surface area contributed by atoms with Crippen molar-refractivity contribution < 1.29 is 9.53 Å². The van der Waals surface area contributed by atoms with Crippen LogP contribution >= 0.6 is 15.9 Å². The van der Waals surface area contributed by atoms with Crippen LogP contribution < -0.4 is 0 Å². The molecule has 14 heavy (non-hydrogen) atoms. The second kappa shape index (κ2) is 7.23. The van der Waals surface area contributed by atoms with Crippen LogP contribution in [0.25, 0.3) is 0 Å². The van der Waals surface area contributed by atoms with Crippen LogP contribution in [0.5, 0.6) is 0 Å². The molecule has 0 heterocycles. The van der Waals surface area contributed by atoms with Gasteiger partial charge in [-0.25, -0.2) is 0 Å². The summed E-state index contributed by atoms with van der Waals surface area (Å²) in [5.41, 5.74) is 0. The van der Waals surface area contributed by atoms with Crippen molar-refractivity contribution in [3.63, 3.8) is 0 Å². The fraction of sp³-hybridized carbons (Fsp3) is 0.900. The molecule has 1 amide bonds. The molecule has 0 rings (SSSR count). The van der Waals surface area contributed by atoms with Crippen LogP contribution in [0.1, 0.15) is 20.8 Å². The molecule has 0 aromatic rings. The van der Waals surface area contributed by atoms with Crippen LogP contribution in [0.4, 0.5) is 0 Å². The van der Waals surface area contributed by atoms with Crippen molar-refractivity contribution in [2.75, 3.05) is 26.8 Å². The van der Waals surface area contributed by atoms with Gasteiger partial charge in [-0.3, -0.25) is 4.79 Å². The van der Waals surface area contributed by atoms with Gasteiger partial charge in [0.2, 0.25) is 5.91 Å². The molecule has 0 aliphatic rings. The maximum atomic E-state index is 11.8. The molecule has 0 spiro atoms. The molecule has 0 radical (unpaired) electrons. The number of halogens is 1. The number of amides is 1. The third-order valence-electron chi connectivity index (χ3n) is 2.08. The zero-order valence-corrected chi connectivity index (χ0v) is 11.0. The first-order valence-electron chi connectivity index (χ1n) is 4.96. The number of rotatable bonds is 6. The standard InChI is InChI=1S/C10H20BrNO2/c1-5-12(6-7-14-4)10(13)9(11)8(2)3/h8-9H,5-7H2,1-4H3. The van der Waals surface area contributed by atoms with Gasteiger partial charge in [0.05, 0.1) is 11.4 Å². The van der Waals surface area contributed by atoms with E-state index in [1.165, 1.54) is 0 Å². The zero-order valence-electron chi connectivity index (χ0n) is 9.42. The number of hydrogen-bond acceptors (Lipinski definition) is 2. The highest BCUT2D eigenvalue weighted by Gasteiger charge is 2.23. The molecule has 84 valence electrons. The van der Waals surface area contributed by atoms with Crippen molar-refractivity contribution in [1.82, 2.24) is 4.90 Å². The lowest BCUT2D eigenvalue weighted by molar-refractivity contribution is -0.131. The Bertz CT molecular complexity index is 174. The van der Waals surface area contributed by atoms with Gasteiger partial charge in [-0.1, -0.05) is 29.8 Å². The fourth-order valence-electron chi connectivity index (χ4n) is 1.09. The molecule has 0 aromatic carbocycles. The number of carbonyl (C=O) groups excluding carboxylic acids is 1. The van der Waals surface area contributed by atoms with E-state index in [1.54, 1.807) is 7.11 Å². The summed E-state index contributed by atoms with van der Waals surface area (Å²) in [6.07, 6.45) is 0. The molecule has 3 nitrogen and oxygen atoms in total. The first-order valence-corrected chi connectivity index (χ1v) is 5.87. The lowest BCUT2D eigenvalue weighted by atomic mass is 10.1. The Kier molecular flexibility index (Phi) is 7.19. The maximum Gasteiger partial charge on any atom is 0.236 e. The summed E-state index contributed by atoms with van der Waals surface area (Å²) in [4.78, 5) is 13.6. The van der Waals surface area contributed by atoms with Gasteiger partial charge in [0.1, 0.15) is 0 Å².